The lowest BCUT2D eigenvalue weighted by atomic mass is 10.0. The number of aryl methyl sites for hydroxylation is 1. The van der Waals surface area contributed by atoms with Gasteiger partial charge >= 0.3 is 0 Å². The van der Waals surface area contributed by atoms with Gasteiger partial charge in [0.15, 0.2) is 0 Å². The maximum atomic E-state index is 12.1. The van der Waals surface area contributed by atoms with Crippen LogP contribution < -0.4 is 5.56 Å². The van der Waals surface area contributed by atoms with Crippen LogP contribution in [0, 0.1) is 18.3 Å². The van der Waals surface area contributed by atoms with Gasteiger partial charge in [0.1, 0.15) is 0 Å². The third-order valence-electron chi connectivity index (χ3n) is 3.43. The lowest BCUT2D eigenvalue weighted by molar-refractivity contribution is 1.27. The van der Waals surface area contributed by atoms with Crippen LogP contribution in [-0.2, 0) is 0 Å². The fourth-order valence-electron chi connectivity index (χ4n) is 2.32. The minimum atomic E-state index is -0.0921. The predicted octanol–water partition coefficient (Wildman–Crippen LogP) is 3.38. The number of H-pyrrole nitrogens is 1. The van der Waals surface area contributed by atoms with Crippen molar-refractivity contribution in [1.82, 2.24) is 4.98 Å². The Morgan fingerprint density at radius 3 is 2.50 bits per heavy atom. The molecule has 0 amide bonds. The Morgan fingerprint density at radius 1 is 1.05 bits per heavy atom. The zero-order chi connectivity index (χ0) is 14.1. The van der Waals surface area contributed by atoms with Crippen molar-refractivity contribution in [1.29, 1.82) is 5.26 Å². The highest BCUT2D eigenvalue weighted by atomic mass is 16.1. The van der Waals surface area contributed by atoms with Gasteiger partial charge < -0.3 is 4.98 Å². The minimum absolute atomic E-state index is 0.0921. The van der Waals surface area contributed by atoms with Crippen LogP contribution in [0.25, 0.3) is 22.0 Å². The van der Waals surface area contributed by atoms with Gasteiger partial charge in [0.2, 0.25) is 0 Å². The molecular weight excluding hydrogens is 248 g/mol. The molecule has 0 saturated heterocycles. The van der Waals surface area contributed by atoms with Gasteiger partial charge in [-0.3, -0.25) is 4.79 Å². The van der Waals surface area contributed by atoms with Crippen LogP contribution in [0.5, 0.6) is 0 Å². The number of hydrogen-bond acceptors (Lipinski definition) is 2. The van der Waals surface area contributed by atoms with Crippen molar-refractivity contribution in [2.75, 3.05) is 0 Å². The van der Waals surface area contributed by atoms with Gasteiger partial charge in [0, 0.05) is 11.1 Å². The quantitative estimate of drug-likeness (QED) is 0.729. The van der Waals surface area contributed by atoms with Crippen LogP contribution in [0.15, 0.2) is 53.3 Å². The monoisotopic (exact) mass is 260 g/mol. The number of fused-ring (bicyclic) bond motifs is 1. The van der Waals surface area contributed by atoms with E-state index in [1.807, 2.05) is 43.3 Å². The summed E-state index contributed by atoms with van der Waals surface area (Å²) in [6.07, 6.45) is 0. The maximum Gasteiger partial charge on any atom is 0.256 e. The smallest absolute Gasteiger partial charge is 0.256 e. The molecule has 0 spiro atoms. The molecule has 0 radical (unpaired) electrons. The van der Waals surface area contributed by atoms with E-state index in [4.69, 9.17) is 5.26 Å². The highest BCUT2D eigenvalue weighted by molar-refractivity contribution is 5.87. The number of rotatable bonds is 1. The molecule has 0 aliphatic rings. The number of nitrogens with zero attached hydrogens (tertiary/aromatic N) is 1. The summed E-state index contributed by atoms with van der Waals surface area (Å²) in [5.74, 6) is 0. The number of benzene rings is 2. The first-order valence-corrected chi connectivity index (χ1v) is 6.32. The summed E-state index contributed by atoms with van der Waals surface area (Å²) in [7, 11) is 0. The lowest BCUT2D eigenvalue weighted by Gasteiger charge is -2.06. The highest BCUT2D eigenvalue weighted by Crippen LogP contribution is 2.22. The first-order chi connectivity index (χ1) is 9.69. The Hall–Kier alpha value is -2.86. The van der Waals surface area contributed by atoms with Crippen molar-refractivity contribution in [3.63, 3.8) is 0 Å². The molecule has 0 bridgehead atoms. The van der Waals surface area contributed by atoms with Crippen molar-refractivity contribution in [2.24, 2.45) is 0 Å². The molecule has 0 aliphatic carbocycles. The van der Waals surface area contributed by atoms with Gasteiger partial charge in [-0.15, -0.1) is 0 Å². The van der Waals surface area contributed by atoms with Gasteiger partial charge in [-0.05, 0) is 47.7 Å². The van der Waals surface area contributed by atoms with E-state index < -0.39 is 0 Å². The van der Waals surface area contributed by atoms with Crippen molar-refractivity contribution in [3.05, 3.63) is 70.0 Å². The van der Waals surface area contributed by atoms with Crippen LogP contribution in [0.3, 0.4) is 0 Å². The van der Waals surface area contributed by atoms with Gasteiger partial charge in [0.05, 0.1) is 11.6 Å². The van der Waals surface area contributed by atoms with E-state index in [1.54, 1.807) is 12.1 Å². The summed E-state index contributed by atoms with van der Waals surface area (Å²) < 4.78 is 0. The fraction of sp³-hybridized carbons (Fsp3) is 0.0588. The molecule has 96 valence electrons. The molecule has 0 saturated carbocycles. The SMILES string of the molecule is Cc1cccc2c(=O)[nH]c(-c3ccc(C#N)cc3)cc12. The first kappa shape index (κ1) is 12.2. The molecule has 0 aliphatic heterocycles. The van der Waals surface area contributed by atoms with Crippen LogP contribution in [0.2, 0.25) is 0 Å². The van der Waals surface area contributed by atoms with E-state index in [-0.39, 0.29) is 5.56 Å². The zero-order valence-electron chi connectivity index (χ0n) is 11.0. The maximum absolute atomic E-state index is 12.1. The lowest BCUT2D eigenvalue weighted by Crippen LogP contribution is -2.07. The van der Waals surface area contributed by atoms with E-state index in [9.17, 15) is 4.79 Å². The van der Waals surface area contributed by atoms with Crippen LogP contribution in [0.4, 0.5) is 0 Å². The second-order valence-electron chi connectivity index (χ2n) is 4.74. The van der Waals surface area contributed by atoms with E-state index >= 15 is 0 Å². The molecule has 1 heterocycles. The van der Waals surface area contributed by atoms with Gasteiger partial charge in [0.25, 0.3) is 5.56 Å². The van der Waals surface area contributed by atoms with Gasteiger partial charge in [-0.25, -0.2) is 0 Å². The van der Waals surface area contributed by atoms with Crippen molar-refractivity contribution >= 4 is 10.8 Å². The second-order valence-corrected chi connectivity index (χ2v) is 4.74. The second kappa shape index (κ2) is 4.67. The molecule has 3 aromatic rings. The molecule has 3 nitrogen and oxygen atoms in total. The van der Waals surface area contributed by atoms with Crippen molar-refractivity contribution in [2.45, 2.75) is 6.92 Å². The van der Waals surface area contributed by atoms with Crippen LogP contribution in [0.1, 0.15) is 11.1 Å². The summed E-state index contributed by atoms with van der Waals surface area (Å²) >= 11 is 0. The van der Waals surface area contributed by atoms with Crippen molar-refractivity contribution in [3.8, 4) is 17.3 Å². The minimum Gasteiger partial charge on any atom is -0.321 e. The molecule has 1 aromatic heterocycles. The highest BCUT2D eigenvalue weighted by Gasteiger charge is 2.05. The Balaban J connectivity index is 2.24. The number of aromatic nitrogens is 1. The van der Waals surface area contributed by atoms with E-state index in [1.165, 1.54) is 0 Å². The fourth-order valence-corrected chi connectivity index (χ4v) is 2.32. The van der Waals surface area contributed by atoms with Crippen molar-refractivity contribution < 1.29 is 0 Å². The molecule has 0 fully saturated rings. The molecule has 3 rings (SSSR count). The zero-order valence-corrected chi connectivity index (χ0v) is 11.0. The number of aromatic amines is 1. The van der Waals surface area contributed by atoms with E-state index in [2.05, 4.69) is 11.1 Å². The summed E-state index contributed by atoms with van der Waals surface area (Å²) in [6, 6.07) is 16.9. The molecule has 0 atom stereocenters. The predicted molar refractivity (Wildman–Crippen MR) is 79.5 cm³/mol. The summed E-state index contributed by atoms with van der Waals surface area (Å²) in [5, 5.41) is 10.5. The number of nitrogens with one attached hydrogen (secondary N) is 1. The molecule has 1 N–H and O–H groups in total. The Labute approximate surface area is 116 Å². The largest absolute Gasteiger partial charge is 0.321 e. The first-order valence-electron chi connectivity index (χ1n) is 6.32. The number of hydrogen-bond donors (Lipinski definition) is 1. The average Bonchev–Trinajstić information content (AvgIpc) is 2.48. The topological polar surface area (TPSA) is 56.6 Å². The number of nitriles is 1. The third-order valence-corrected chi connectivity index (χ3v) is 3.43. The van der Waals surface area contributed by atoms with Gasteiger partial charge in [-0.1, -0.05) is 24.3 Å². The summed E-state index contributed by atoms with van der Waals surface area (Å²) in [6.45, 7) is 1.99. The van der Waals surface area contributed by atoms with Crippen LogP contribution in [-0.4, -0.2) is 4.98 Å². The van der Waals surface area contributed by atoms with Gasteiger partial charge in [-0.2, -0.15) is 5.26 Å². The Bertz CT molecular complexity index is 883. The Kier molecular flexibility index (Phi) is 2.85. The Morgan fingerprint density at radius 2 is 1.80 bits per heavy atom. The van der Waals surface area contributed by atoms with Crippen LogP contribution >= 0.6 is 0 Å². The third kappa shape index (κ3) is 1.98. The number of pyridine rings is 1. The normalized spacial score (nSPS) is 10.4. The summed E-state index contributed by atoms with van der Waals surface area (Å²) in [4.78, 5) is 15.0. The molecule has 3 heteroatoms. The van der Waals surface area contributed by atoms with E-state index in [0.717, 1.165) is 22.2 Å². The van der Waals surface area contributed by atoms with E-state index in [0.29, 0.717) is 10.9 Å². The molecular formula is C17H12N2O. The molecule has 2 aromatic carbocycles. The summed E-state index contributed by atoms with van der Waals surface area (Å²) in [5.41, 5.74) is 3.25. The standard InChI is InChI=1S/C17H12N2O/c1-11-3-2-4-14-15(11)9-16(19-17(14)20)13-7-5-12(10-18)6-8-13/h2-9H,1H3,(H,19,20). The molecule has 20 heavy (non-hydrogen) atoms. The molecule has 0 unspecified atom stereocenters. The average molecular weight is 260 g/mol.